The maximum absolute atomic E-state index is 13.4. The van der Waals surface area contributed by atoms with E-state index in [1.165, 1.54) is 0 Å². The number of alkyl halides is 6. The van der Waals surface area contributed by atoms with E-state index in [2.05, 4.69) is 0 Å². The summed E-state index contributed by atoms with van der Waals surface area (Å²) in [5.41, 5.74) is -4.85. The monoisotopic (exact) mass is 391 g/mol. The van der Waals surface area contributed by atoms with E-state index in [4.69, 9.17) is 0 Å². The van der Waals surface area contributed by atoms with E-state index in [-0.39, 0.29) is 25.3 Å². The van der Waals surface area contributed by atoms with Crippen molar-refractivity contribution >= 4 is 11.9 Å². The topological polar surface area (TPSA) is 70.2 Å². The predicted octanol–water partition coefficient (Wildman–Crippen LogP) is 3.46. The van der Waals surface area contributed by atoms with E-state index >= 15 is 0 Å². The minimum atomic E-state index is -5.98. The molecule has 0 bridgehead atoms. The highest BCUT2D eigenvalue weighted by molar-refractivity contribution is 5.81. The van der Waals surface area contributed by atoms with Gasteiger partial charge >= 0.3 is 24.0 Å². The molecule has 0 aromatic rings. The van der Waals surface area contributed by atoms with Crippen LogP contribution in [0, 0.1) is 11.8 Å². The summed E-state index contributed by atoms with van der Waals surface area (Å²) in [5, 5.41) is 3.87. The highest BCUT2D eigenvalue weighted by Crippen LogP contribution is 2.41. The third-order valence-corrected chi connectivity index (χ3v) is 4.11. The Labute approximate surface area is 147 Å². The van der Waals surface area contributed by atoms with Crippen LogP contribution in [0.1, 0.15) is 46.0 Å². The van der Waals surface area contributed by atoms with Gasteiger partial charge in [-0.3, -0.25) is 10.1 Å². The fourth-order valence-corrected chi connectivity index (χ4v) is 2.64. The summed E-state index contributed by atoms with van der Waals surface area (Å²) in [6.07, 6.45) is -9.69. The van der Waals surface area contributed by atoms with Gasteiger partial charge in [0, 0.05) is 12.5 Å². The van der Waals surface area contributed by atoms with Gasteiger partial charge in [-0.2, -0.15) is 26.3 Å². The van der Waals surface area contributed by atoms with E-state index in [0.29, 0.717) is 12.8 Å². The molecule has 0 atom stereocenters. The highest BCUT2D eigenvalue weighted by atomic mass is 19.4. The molecule has 1 fully saturated rings. The van der Waals surface area contributed by atoms with E-state index in [9.17, 15) is 35.9 Å². The number of carbonyl (C=O) groups is 2. The SMILES string of the molecule is CC(C)CNC(=O)NC(NC(=O)C1CCCCC1)(C(F)(F)F)C(F)(F)F. The molecule has 1 aliphatic carbocycles. The van der Waals surface area contributed by atoms with Crippen LogP contribution in [0.15, 0.2) is 0 Å². The maximum Gasteiger partial charge on any atom is 0.439 e. The largest absolute Gasteiger partial charge is 0.439 e. The van der Waals surface area contributed by atoms with Crippen LogP contribution < -0.4 is 16.0 Å². The first-order valence-corrected chi connectivity index (χ1v) is 8.31. The van der Waals surface area contributed by atoms with Gasteiger partial charge in [0.2, 0.25) is 5.91 Å². The first-order valence-electron chi connectivity index (χ1n) is 8.31. The minimum Gasteiger partial charge on any atom is -0.338 e. The Kier molecular flexibility index (Phi) is 7.17. The Bertz CT molecular complexity index is 485. The van der Waals surface area contributed by atoms with Gasteiger partial charge in [-0.25, -0.2) is 4.79 Å². The number of carbonyl (C=O) groups excluding carboxylic acids is 2. The fourth-order valence-electron chi connectivity index (χ4n) is 2.64. The Morgan fingerprint density at radius 3 is 1.85 bits per heavy atom. The van der Waals surface area contributed by atoms with Crippen molar-refractivity contribution in [2.24, 2.45) is 11.8 Å². The number of halogens is 6. The molecule has 11 heteroatoms. The van der Waals surface area contributed by atoms with Gasteiger partial charge in [0.05, 0.1) is 0 Å². The molecule has 0 aromatic heterocycles. The van der Waals surface area contributed by atoms with Crippen molar-refractivity contribution in [2.75, 3.05) is 6.54 Å². The van der Waals surface area contributed by atoms with Crippen LogP contribution in [0.3, 0.4) is 0 Å². The molecule has 3 N–H and O–H groups in total. The molecule has 0 heterocycles. The van der Waals surface area contributed by atoms with E-state index < -0.39 is 35.9 Å². The number of amides is 3. The molecule has 5 nitrogen and oxygen atoms in total. The zero-order valence-corrected chi connectivity index (χ0v) is 14.5. The standard InChI is InChI=1S/C15H23F6N3O2/c1-9(2)8-22-12(26)24-13(14(16,17)18,15(19,20)21)23-11(25)10-6-4-3-5-7-10/h9-10H,3-8H2,1-2H3,(H,23,25)(H2,22,24,26). The number of hydrogen-bond acceptors (Lipinski definition) is 2. The van der Waals surface area contributed by atoms with Crippen LogP contribution in [0.25, 0.3) is 0 Å². The highest BCUT2D eigenvalue weighted by Gasteiger charge is 2.73. The average molecular weight is 391 g/mol. The van der Waals surface area contributed by atoms with E-state index in [0.717, 1.165) is 17.1 Å². The van der Waals surface area contributed by atoms with Gasteiger partial charge in [0.1, 0.15) is 0 Å². The van der Waals surface area contributed by atoms with Gasteiger partial charge < -0.3 is 10.6 Å². The second-order valence-corrected chi connectivity index (χ2v) is 6.80. The molecule has 1 saturated carbocycles. The van der Waals surface area contributed by atoms with Crippen LogP contribution in [-0.2, 0) is 4.79 Å². The van der Waals surface area contributed by atoms with E-state index in [1.54, 1.807) is 13.8 Å². The molecule has 3 amide bonds. The van der Waals surface area contributed by atoms with Gasteiger partial charge in [0.25, 0.3) is 0 Å². The summed E-state index contributed by atoms with van der Waals surface area (Å²) >= 11 is 0. The summed E-state index contributed by atoms with van der Waals surface area (Å²) in [6, 6.07) is -1.67. The minimum absolute atomic E-state index is 0.131. The number of nitrogens with one attached hydrogen (secondary N) is 3. The van der Waals surface area contributed by atoms with Crippen molar-refractivity contribution in [3.8, 4) is 0 Å². The number of urea groups is 1. The summed E-state index contributed by atoms with van der Waals surface area (Å²) in [4.78, 5) is 23.7. The van der Waals surface area contributed by atoms with E-state index in [1.807, 2.05) is 5.32 Å². The zero-order chi connectivity index (χ0) is 20.2. The summed E-state index contributed by atoms with van der Waals surface area (Å²) in [7, 11) is 0. The van der Waals surface area contributed by atoms with Crippen molar-refractivity contribution in [3.63, 3.8) is 0 Å². The number of rotatable bonds is 5. The maximum atomic E-state index is 13.4. The van der Waals surface area contributed by atoms with Crippen LogP contribution in [-0.4, -0.2) is 36.5 Å². The fraction of sp³-hybridized carbons (Fsp3) is 0.867. The molecule has 26 heavy (non-hydrogen) atoms. The first kappa shape index (κ1) is 22.4. The predicted molar refractivity (Wildman–Crippen MR) is 80.9 cm³/mol. The molecular weight excluding hydrogens is 368 g/mol. The van der Waals surface area contributed by atoms with Crippen molar-refractivity contribution in [3.05, 3.63) is 0 Å². The van der Waals surface area contributed by atoms with Crippen molar-refractivity contribution < 1.29 is 35.9 Å². The second-order valence-electron chi connectivity index (χ2n) is 6.80. The lowest BCUT2D eigenvalue weighted by molar-refractivity contribution is -0.312. The smallest absolute Gasteiger partial charge is 0.338 e. The quantitative estimate of drug-likeness (QED) is 0.496. The summed E-state index contributed by atoms with van der Waals surface area (Å²) in [6.45, 7) is 3.10. The molecule has 0 spiro atoms. The Balaban J connectivity index is 3.10. The zero-order valence-electron chi connectivity index (χ0n) is 14.5. The lowest BCUT2D eigenvalue weighted by Crippen LogP contribution is -2.77. The normalized spacial score (nSPS) is 17.1. The Morgan fingerprint density at radius 1 is 0.923 bits per heavy atom. The molecule has 0 aliphatic heterocycles. The summed E-state index contributed by atoms with van der Waals surface area (Å²) in [5.74, 6) is -2.51. The average Bonchev–Trinajstić information content (AvgIpc) is 2.50. The first-order chi connectivity index (χ1) is 11.8. The third kappa shape index (κ3) is 5.41. The van der Waals surface area contributed by atoms with Crippen LogP contribution >= 0.6 is 0 Å². The molecule has 0 aromatic carbocycles. The number of hydrogen-bond donors (Lipinski definition) is 3. The molecule has 0 saturated heterocycles. The van der Waals surface area contributed by atoms with Crippen molar-refractivity contribution in [2.45, 2.75) is 64.0 Å². The van der Waals surface area contributed by atoms with Gasteiger partial charge in [0.15, 0.2) is 0 Å². The van der Waals surface area contributed by atoms with Gasteiger partial charge in [-0.05, 0) is 18.8 Å². The van der Waals surface area contributed by atoms with Crippen molar-refractivity contribution in [1.29, 1.82) is 0 Å². The molecular formula is C15H23F6N3O2. The lowest BCUT2D eigenvalue weighted by atomic mass is 9.88. The Morgan fingerprint density at radius 2 is 1.42 bits per heavy atom. The molecule has 0 unspecified atom stereocenters. The third-order valence-electron chi connectivity index (χ3n) is 4.11. The Hall–Kier alpha value is -1.68. The van der Waals surface area contributed by atoms with Crippen LogP contribution in [0.5, 0.6) is 0 Å². The lowest BCUT2D eigenvalue weighted by Gasteiger charge is -2.39. The van der Waals surface area contributed by atoms with Gasteiger partial charge in [-0.15, -0.1) is 0 Å². The van der Waals surface area contributed by atoms with Crippen LogP contribution in [0.4, 0.5) is 31.1 Å². The van der Waals surface area contributed by atoms with Crippen molar-refractivity contribution in [1.82, 2.24) is 16.0 Å². The van der Waals surface area contributed by atoms with Gasteiger partial charge in [-0.1, -0.05) is 33.1 Å². The molecule has 1 aliphatic rings. The second kappa shape index (κ2) is 8.34. The molecule has 0 radical (unpaired) electrons. The summed E-state index contributed by atoms with van der Waals surface area (Å²) < 4.78 is 80.3. The molecule has 1 rings (SSSR count). The molecule has 152 valence electrons. The van der Waals surface area contributed by atoms with Crippen LogP contribution in [0.2, 0.25) is 0 Å².